The van der Waals surface area contributed by atoms with Gasteiger partial charge in [-0.25, -0.2) is 4.79 Å². The first-order valence-electron chi connectivity index (χ1n) is 6.26. The molecule has 1 aromatic rings. The summed E-state index contributed by atoms with van der Waals surface area (Å²) in [6, 6.07) is 4.52. The molecule has 0 saturated carbocycles. The molecule has 3 N–H and O–H groups in total. The number of aromatic nitrogens is 1. The topological polar surface area (TPSA) is 60.2 Å². The second-order valence-corrected chi connectivity index (χ2v) is 4.78. The van der Waals surface area contributed by atoms with Crippen molar-refractivity contribution < 1.29 is 4.79 Å². The van der Waals surface area contributed by atoms with Crippen LogP contribution in [0.4, 0.5) is 4.79 Å². The van der Waals surface area contributed by atoms with Crippen LogP contribution in [-0.4, -0.2) is 41.6 Å². The second kappa shape index (κ2) is 4.41. The number of amides is 2. The molecule has 1 aromatic heterocycles. The third-order valence-corrected chi connectivity index (χ3v) is 3.65. The minimum atomic E-state index is 0.0679. The average molecular weight is 234 g/mol. The Morgan fingerprint density at radius 1 is 1.41 bits per heavy atom. The summed E-state index contributed by atoms with van der Waals surface area (Å²) < 4.78 is 0. The summed E-state index contributed by atoms with van der Waals surface area (Å²) in [4.78, 5) is 17.1. The number of nitrogens with zero attached hydrogens (tertiary/aromatic N) is 1. The van der Waals surface area contributed by atoms with Crippen LogP contribution in [-0.2, 0) is 0 Å². The first kappa shape index (κ1) is 10.7. The van der Waals surface area contributed by atoms with Gasteiger partial charge in [0.15, 0.2) is 0 Å². The summed E-state index contributed by atoms with van der Waals surface area (Å²) in [5.74, 6) is 0. The Kier molecular flexibility index (Phi) is 2.76. The Morgan fingerprint density at radius 2 is 2.35 bits per heavy atom. The van der Waals surface area contributed by atoms with Gasteiger partial charge in [0.2, 0.25) is 0 Å². The lowest BCUT2D eigenvalue weighted by Crippen LogP contribution is -2.47. The normalized spacial score (nSPS) is 29.4. The lowest BCUT2D eigenvalue weighted by atomic mass is 10.1. The standard InChI is InChI=1S/C12H18N4O/c17-12-15-11(10-4-2-6-14-10)8-16(12)9-3-1-5-13-7-9/h2,4,6,9,11,13-14H,1,3,5,7-8H2,(H,15,17). The summed E-state index contributed by atoms with van der Waals surface area (Å²) >= 11 is 0. The van der Waals surface area contributed by atoms with Gasteiger partial charge in [0.1, 0.15) is 0 Å². The third kappa shape index (κ3) is 2.02. The van der Waals surface area contributed by atoms with E-state index in [9.17, 15) is 4.79 Å². The monoisotopic (exact) mass is 234 g/mol. The summed E-state index contributed by atoms with van der Waals surface area (Å²) in [5.41, 5.74) is 1.09. The molecule has 0 aliphatic carbocycles. The van der Waals surface area contributed by atoms with Gasteiger partial charge in [-0.3, -0.25) is 0 Å². The highest BCUT2D eigenvalue weighted by Crippen LogP contribution is 2.22. The first-order chi connectivity index (χ1) is 8.34. The Balaban J connectivity index is 1.69. The molecular formula is C12H18N4O. The highest BCUT2D eigenvalue weighted by atomic mass is 16.2. The van der Waals surface area contributed by atoms with E-state index < -0.39 is 0 Å². The van der Waals surface area contributed by atoms with E-state index in [-0.39, 0.29) is 12.1 Å². The lowest BCUT2D eigenvalue weighted by Gasteiger charge is -2.30. The van der Waals surface area contributed by atoms with Gasteiger partial charge in [-0.15, -0.1) is 0 Å². The highest BCUT2D eigenvalue weighted by Gasteiger charge is 2.35. The zero-order valence-corrected chi connectivity index (χ0v) is 9.78. The van der Waals surface area contributed by atoms with E-state index >= 15 is 0 Å². The summed E-state index contributed by atoms with van der Waals surface area (Å²) in [5, 5.41) is 6.38. The minimum absolute atomic E-state index is 0.0679. The average Bonchev–Trinajstić information content (AvgIpc) is 2.99. The van der Waals surface area contributed by atoms with Crippen molar-refractivity contribution >= 4 is 6.03 Å². The molecule has 3 heterocycles. The zero-order chi connectivity index (χ0) is 11.7. The number of aromatic amines is 1. The maximum atomic E-state index is 12.0. The molecule has 3 rings (SSSR count). The SMILES string of the molecule is O=C1NC(c2ccc[nH]2)CN1C1CCCNC1. The van der Waals surface area contributed by atoms with Crippen LogP contribution in [0.3, 0.4) is 0 Å². The van der Waals surface area contributed by atoms with Crippen LogP contribution in [0.5, 0.6) is 0 Å². The van der Waals surface area contributed by atoms with Crippen LogP contribution in [0.2, 0.25) is 0 Å². The molecule has 2 fully saturated rings. The second-order valence-electron chi connectivity index (χ2n) is 4.78. The van der Waals surface area contributed by atoms with Crippen molar-refractivity contribution in [3.63, 3.8) is 0 Å². The van der Waals surface area contributed by atoms with Gasteiger partial charge >= 0.3 is 6.03 Å². The van der Waals surface area contributed by atoms with Crippen LogP contribution < -0.4 is 10.6 Å². The number of carbonyl (C=O) groups is 1. The predicted molar refractivity (Wildman–Crippen MR) is 64.7 cm³/mol. The number of carbonyl (C=O) groups excluding carboxylic acids is 1. The number of H-pyrrole nitrogens is 1. The predicted octanol–water partition coefficient (Wildman–Crippen LogP) is 0.833. The van der Waals surface area contributed by atoms with E-state index in [1.54, 1.807) is 0 Å². The lowest BCUT2D eigenvalue weighted by molar-refractivity contribution is 0.184. The summed E-state index contributed by atoms with van der Waals surface area (Å²) in [6.45, 7) is 2.77. The number of urea groups is 1. The van der Waals surface area contributed by atoms with E-state index in [2.05, 4.69) is 15.6 Å². The maximum Gasteiger partial charge on any atom is 0.318 e. The van der Waals surface area contributed by atoms with Crippen molar-refractivity contribution in [2.75, 3.05) is 19.6 Å². The Labute approximate surface area is 101 Å². The molecule has 17 heavy (non-hydrogen) atoms. The molecule has 2 aliphatic heterocycles. The Hall–Kier alpha value is -1.49. The molecule has 2 atom stereocenters. The van der Waals surface area contributed by atoms with Crippen molar-refractivity contribution in [2.45, 2.75) is 24.9 Å². The largest absolute Gasteiger partial charge is 0.363 e. The molecule has 2 aliphatic rings. The van der Waals surface area contributed by atoms with Crippen LogP contribution in [0, 0.1) is 0 Å². The smallest absolute Gasteiger partial charge is 0.318 e. The van der Waals surface area contributed by atoms with E-state index in [0.717, 1.165) is 38.2 Å². The van der Waals surface area contributed by atoms with Crippen LogP contribution >= 0.6 is 0 Å². The molecule has 5 heteroatoms. The maximum absolute atomic E-state index is 12.0. The third-order valence-electron chi connectivity index (χ3n) is 3.65. The van der Waals surface area contributed by atoms with Gasteiger partial charge in [-0.2, -0.15) is 0 Å². The van der Waals surface area contributed by atoms with Gasteiger partial charge in [0, 0.05) is 31.0 Å². The zero-order valence-electron chi connectivity index (χ0n) is 9.78. The van der Waals surface area contributed by atoms with Crippen molar-refractivity contribution in [2.24, 2.45) is 0 Å². The fraction of sp³-hybridized carbons (Fsp3) is 0.583. The minimum Gasteiger partial charge on any atom is -0.363 e. The first-order valence-corrected chi connectivity index (χ1v) is 6.26. The molecule has 2 saturated heterocycles. The van der Waals surface area contributed by atoms with Crippen LogP contribution in [0.15, 0.2) is 18.3 Å². The molecule has 2 unspecified atom stereocenters. The van der Waals surface area contributed by atoms with Crippen molar-refractivity contribution in [1.82, 2.24) is 20.5 Å². The molecule has 2 amide bonds. The van der Waals surface area contributed by atoms with E-state index in [1.165, 1.54) is 0 Å². The Bertz CT molecular complexity index is 383. The van der Waals surface area contributed by atoms with Crippen molar-refractivity contribution in [3.8, 4) is 0 Å². The molecule has 0 aromatic carbocycles. The van der Waals surface area contributed by atoms with Gasteiger partial charge in [0.25, 0.3) is 0 Å². The molecule has 0 spiro atoms. The fourth-order valence-electron chi connectivity index (χ4n) is 2.71. The summed E-state index contributed by atoms with van der Waals surface area (Å²) in [7, 11) is 0. The van der Waals surface area contributed by atoms with Crippen LogP contribution in [0.1, 0.15) is 24.6 Å². The van der Waals surface area contributed by atoms with Gasteiger partial charge < -0.3 is 20.5 Å². The van der Waals surface area contributed by atoms with Gasteiger partial charge in [0.05, 0.1) is 6.04 Å². The molecular weight excluding hydrogens is 216 g/mol. The van der Waals surface area contributed by atoms with Gasteiger partial charge in [-0.05, 0) is 31.5 Å². The number of nitrogens with one attached hydrogen (secondary N) is 3. The highest BCUT2D eigenvalue weighted by molar-refractivity contribution is 5.77. The fourth-order valence-corrected chi connectivity index (χ4v) is 2.71. The number of piperidine rings is 1. The number of rotatable bonds is 2. The van der Waals surface area contributed by atoms with E-state index in [4.69, 9.17) is 0 Å². The molecule has 0 bridgehead atoms. The molecule has 0 radical (unpaired) electrons. The molecule has 5 nitrogen and oxygen atoms in total. The van der Waals surface area contributed by atoms with E-state index in [0.29, 0.717) is 6.04 Å². The summed E-state index contributed by atoms with van der Waals surface area (Å²) in [6.07, 6.45) is 4.16. The Morgan fingerprint density at radius 3 is 3.06 bits per heavy atom. The number of hydrogen-bond donors (Lipinski definition) is 3. The number of hydrogen-bond acceptors (Lipinski definition) is 2. The van der Waals surface area contributed by atoms with Crippen molar-refractivity contribution in [1.29, 1.82) is 0 Å². The van der Waals surface area contributed by atoms with Crippen LogP contribution in [0.25, 0.3) is 0 Å². The van der Waals surface area contributed by atoms with Crippen molar-refractivity contribution in [3.05, 3.63) is 24.0 Å². The van der Waals surface area contributed by atoms with Gasteiger partial charge in [-0.1, -0.05) is 0 Å². The quantitative estimate of drug-likeness (QED) is 0.710. The molecule has 92 valence electrons. The van der Waals surface area contributed by atoms with E-state index in [1.807, 2.05) is 23.2 Å².